The summed E-state index contributed by atoms with van der Waals surface area (Å²) < 4.78 is 32.8. The van der Waals surface area contributed by atoms with Gasteiger partial charge in [0.25, 0.3) is 10.0 Å². The fraction of sp³-hybridized carbons (Fsp3) is 0.231. The highest BCUT2D eigenvalue weighted by molar-refractivity contribution is 7.92. The van der Waals surface area contributed by atoms with Gasteiger partial charge in [-0.25, -0.2) is 13.4 Å². The maximum absolute atomic E-state index is 12.4. The Morgan fingerprint density at radius 1 is 1.24 bits per heavy atom. The normalized spacial score (nSPS) is 12.0. The molecule has 0 aliphatic heterocycles. The third kappa shape index (κ3) is 2.38. The van der Waals surface area contributed by atoms with Gasteiger partial charge in [0.2, 0.25) is 0 Å². The third-order valence-corrected chi connectivity index (χ3v) is 4.72. The summed E-state index contributed by atoms with van der Waals surface area (Å²) in [5.41, 5.74) is 2.56. The molecule has 0 unspecified atom stereocenters. The molecule has 0 fully saturated rings. The number of benzene rings is 1. The zero-order valence-corrected chi connectivity index (χ0v) is 12.6. The van der Waals surface area contributed by atoms with Gasteiger partial charge in [0.15, 0.2) is 11.5 Å². The number of aromatic amines is 1. The van der Waals surface area contributed by atoms with E-state index in [0.29, 0.717) is 34.1 Å². The van der Waals surface area contributed by atoms with E-state index >= 15 is 0 Å². The lowest BCUT2D eigenvalue weighted by Gasteiger charge is -2.07. The van der Waals surface area contributed by atoms with Gasteiger partial charge in [0, 0.05) is 13.0 Å². The minimum absolute atomic E-state index is 0.163. The van der Waals surface area contributed by atoms with Crippen molar-refractivity contribution in [3.8, 4) is 0 Å². The third-order valence-electron chi connectivity index (χ3n) is 3.08. The highest BCUT2D eigenvalue weighted by Gasteiger charge is 2.22. The second-order valence-corrected chi connectivity index (χ2v) is 6.40. The number of oxazole rings is 1. The van der Waals surface area contributed by atoms with E-state index in [1.807, 2.05) is 0 Å². The number of anilines is 1. The molecule has 3 rings (SSSR count). The molecule has 0 saturated heterocycles. The van der Waals surface area contributed by atoms with Crippen molar-refractivity contribution in [1.82, 2.24) is 15.2 Å². The Balaban J connectivity index is 2.01. The van der Waals surface area contributed by atoms with Crippen LogP contribution in [-0.4, -0.2) is 23.6 Å². The summed E-state index contributed by atoms with van der Waals surface area (Å²) in [7, 11) is -3.70. The molecule has 0 amide bonds. The Hall–Kier alpha value is -2.35. The van der Waals surface area contributed by atoms with Crippen LogP contribution in [0.3, 0.4) is 0 Å². The number of fused-ring (bicyclic) bond motifs is 1. The first-order valence-electron chi connectivity index (χ1n) is 6.28. The van der Waals surface area contributed by atoms with Crippen LogP contribution < -0.4 is 4.72 Å². The van der Waals surface area contributed by atoms with Crippen molar-refractivity contribution in [3.63, 3.8) is 0 Å². The van der Waals surface area contributed by atoms with E-state index in [2.05, 4.69) is 19.9 Å². The van der Waals surface area contributed by atoms with Gasteiger partial charge < -0.3 is 4.42 Å². The van der Waals surface area contributed by atoms with Crippen LogP contribution in [0.15, 0.2) is 27.5 Å². The molecule has 7 nitrogen and oxygen atoms in total. The Bertz CT molecular complexity index is 905. The summed E-state index contributed by atoms with van der Waals surface area (Å²) in [6.45, 7) is 5.04. The maximum atomic E-state index is 12.4. The van der Waals surface area contributed by atoms with E-state index in [9.17, 15) is 8.42 Å². The van der Waals surface area contributed by atoms with Crippen LogP contribution in [-0.2, 0) is 10.0 Å². The first-order valence-corrected chi connectivity index (χ1v) is 7.77. The molecule has 0 bridgehead atoms. The van der Waals surface area contributed by atoms with Crippen molar-refractivity contribution in [1.29, 1.82) is 0 Å². The molecule has 0 aliphatic rings. The first kappa shape index (κ1) is 13.6. The van der Waals surface area contributed by atoms with E-state index in [0.717, 1.165) is 0 Å². The average Bonchev–Trinajstić information content (AvgIpc) is 2.90. The van der Waals surface area contributed by atoms with E-state index in [1.165, 1.54) is 0 Å². The van der Waals surface area contributed by atoms with Crippen LogP contribution in [0.1, 0.15) is 17.3 Å². The molecular weight excluding hydrogens is 292 g/mol. The minimum Gasteiger partial charge on any atom is -0.441 e. The van der Waals surface area contributed by atoms with Crippen molar-refractivity contribution >= 4 is 26.8 Å². The van der Waals surface area contributed by atoms with E-state index in [1.54, 1.807) is 39.0 Å². The largest absolute Gasteiger partial charge is 0.441 e. The predicted octanol–water partition coefficient (Wildman–Crippen LogP) is 2.28. The maximum Gasteiger partial charge on any atom is 0.265 e. The molecule has 1 aromatic carbocycles. The summed E-state index contributed by atoms with van der Waals surface area (Å²) in [4.78, 5) is 4.33. The summed E-state index contributed by atoms with van der Waals surface area (Å²) in [5.74, 6) is 0.534. The Morgan fingerprint density at radius 2 is 2.00 bits per heavy atom. The molecule has 8 heteroatoms. The summed E-state index contributed by atoms with van der Waals surface area (Å²) in [6, 6.07) is 4.96. The number of nitrogens with one attached hydrogen (secondary N) is 2. The molecule has 0 atom stereocenters. The summed E-state index contributed by atoms with van der Waals surface area (Å²) >= 11 is 0. The smallest absolute Gasteiger partial charge is 0.265 e. The lowest BCUT2D eigenvalue weighted by atomic mass is 10.3. The zero-order chi connectivity index (χ0) is 15.2. The number of nitrogens with zero attached hydrogens (tertiary/aromatic N) is 2. The van der Waals surface area contributed by atoms with Crippen molar-refractivity contribution in [2.45, 2.75) is 25.7 Å². The van der Waals surface area contributed by atoms with Crippen LogP contribution in [0, 0.1) is 20.8 Å². The van der Waals surface area contributed by atoms with E-state index in [4.69, 9.17) is 4.42 Å². The SMILES string of the molecule is Cc1nc2ccc(NS(=O)(=O)c3c(C)n[nH]c3C)cc2o1. The molecule has 2 N–H and O–H groups in total. The highest BCUT2D eigenvalue weighted by atomic mass is 32.2. The second-order valence-electron chi connectivity index (χ2n) is 4.78. The van der Waals surface area contributed by atoms with Crippen molar-refractivity contribution in [2.75, 3.05) is 4.72 Å². The van der Waals surface area contributed by atoms with Gasteiger partial charge in [-0.2, -0.15) is 5.10 Å². The van der Waals surface area contributed by atoms with Gasteiger partial charge in [0.1, 0.15) is 10.4 Å². The van der Waals surface area contributed by atoms with Crippen LogP contribution >= 0.6 is 0 Å². The van der Waals surface area contributed by atoms with Gasteiger partial charge in [-0.05, 0) is 26.0 Å². The number of aryl methyl sites for hydroxylation is 3. The number of hydrogen-bond donors (Lipinski definition) is 2. The number of sulfonamides is 1. The summed E-state index contributed by atoms with van der Waals surface area (Å²) in [6.07, 6.45) is 0. The molecule has 110 valence electrons. The van der Waals surface area contributed by atoms with Crippen molar-refractivity contribution in [3.05, 3.63) is 35.5 Å². The zero-order valence-electron chi connectivity index (χ0n) is 11.8. The molecule has 2 aromatic heterocycles. The number of aromatic nitrogens is 3. The fourth-order valence-corrected chi connectivity index (χ4v) is 3.67. The number of H-pyrrole nitrogens is 1. The second kappa shape index (κ2) is 4.59. The lowest BCUT2D eigenvalue weighted by molar-refractivity contribution is 0.561. The number of hydrogen-bond acceptors (Lipinski definition) is 5. The van der Waals surface area contributed by atoms with E-state index < -0.39 is 10.0 Å². The average molecular weight is 306 g/mol. The van der Waals surface area contributed by atoms with Gasteiger partial charge in [-0.15, -0.1) is 0 Å². The van der Waals surface area contributed by atoms with Gasteiger partial charge in [-0.1, -0.05) is 0 Å². The molecule has 2 heterocycles. The predicted molar refractivity (Wildman–Crippen MR) is 77.6 cm³/mol. The Morgan fingerprint density at radius 3 is 2.67 bits per heavy atom. The molecule has 0 saturated carbocycles. The minimum atomic E-state index is -3.70. The Labute approximate surface area is 121 Å². The van der Waals surface area contributed by atoms with Gasteiger partial charge in [-0.3, -0.25) is 9.82 Å². The monoisotopic (exact) mass is 306 g/mol. The molecular formula is C13H14N4O3S. The Kier molecular flexibility index (Phi) is 2.98. The molecule has 21 heavy (non-hydrogen) atoms. The first-order chi connectivity index (χ1) is 9.87. The molecule has 0 aliphatic carbocycles. The van der Waals surface area contributed by atoms with Crippen LogP contribution in [0.25, 0.3) is 11.1 Å². The summed E-state index contributed by atoms with van der Waals surface area (Å²) in [5, 5.41) is 6.57. The molecule has 0 radical (unpaired) electrons. The van der Waals surface area contributed by atoms with E-state index in [-0.39, 0.29) is 4.90 Å². The molecule has 3 aromatic rings. The lowest BCUT2D eigenvalue weighted by Crippen LogP contribution is -2.14. The topological polar surface area (TPSA) is 101 Å². The van der Waals surface area contributed by atoms with Crippen LogP contribution in [0.2, 0.25) is 0 Å². The van der Waals surface area contributed by atoms with Crippen LogP contribution in [0.4, 0.5) is 5.69 Å². The van der Waals surface area contributed by atoms with Gasteiger partial charge in [0.05, 0.1) is 17.1 Å². The number of rotatable bonds is 3. The fourth-order valence-electron chi connectivity index (χ4n) is 2.25. The van der Waals surface area contributed by atoms with Crippen molar-refractivity contribution < 1.29 is 12.8 Å². The quantitative estimate of drug-likeness (QED) is 0.773. The highest BCUT2D eigenvalue weighted by Crippen LogP contribution is 2.24. The van der Waals surface area contributed by atoms with Crippen molar-refractivity contribution in [2.24, 2.45) is 0 Å². The van der Waals surface area contributed by atoms with Crippen LogP contribution in [0.5, 0.6) is 0 Å². The standard InChI is InChI=1S/C13H14N4O3S/c1-7-13(8(2)16-15-7)21(18,19)17-10-4-5-11-12(6-10)20-9(3)14-11/h4-6,17H,1-3H3,(H,15,16). The van der Waals surface area contributed by atoms with Gasteiger partial charge >= 0.3 is 0 Å². The molecule has 0 spiro atoms.